The van der Waals surface area contributed by atoms with E-state index in [1.165, 1.54) is 7.11 Å². The second-order valence-electron chi connectivity index (χ2n) is 7.79. The summed E-state index contributed by atoms with van der Waals surface area (Å²) in [4.78, 5) is 32.1. The van der Waals surface area contributed by atoms with Gasteiger partial charge in [0.2, 0.25) is 0 Å². The largest absolute Gasteiger partial charge is 0.466 e. The molecule has 2 aliphatic rings. The number of nitrogens with one attached hydrogen (secondary N) is 2. The van der Waals surface area contributed by atoms with E-state index in [9.17, 15) is 9.59 Å². The number of amides is 2. The van der Waals surface area contributed by atoms with Crippen LogP contribution in [0.25, 0.3) is 0 Å². The molecular formula is C25H25N5O3S. The predicted molar refractivity (Wildman–Crippen MR) is 134 cm³/mol. The summed E-state index contributed by atoms with van der Waals surface area (Å²) in [5.41, 5.74) is 3.98. The van der Waals surface area contributed by atoms with Crippen LogP contribution in [0.3, 0.4) is 0 Å². The minimum Gasteiger partial charge on any atom is -0.466 e. The van der Waals surface area contributed by atoms with Gasteiger partial charge in [0.1, 0.15) is 0 Å². The van der Waals surface area contributed by atoms with E-state index in [0.29, 0.717) is 28.9 Å². The van der Waals surface area contributed by atoms with E-state index in [4.69, 9.17) is 15.0 Å². The Kier molecular flexibility index (Phi) is 7.18. The highest BCUT2D eigenvalue weighted by atomic mass is 32.2. The molecule has 0 aromatic heterocycles. The Balaban J connectivity index is 1.54. The molecule has 2 N–H and O–H groups in total. The number of carbonyl (C=O) groups is 2. The molecule has 1 fully saturated rings. The average Bonchev–Trinajstić information content (AvgIpc) is 2.88. The van der Waals surface area contributed by atoms with Crippen molar-refractivity contribution in [2.75, 3.05) is 30.0 Å². The lowest BCUT2D eigenvalue weighted by molar-refractivity contribution is -0.136. The van der Waals surface area contributed by atoms with Crippen LogP contribution in [0.5, 0.6) is 0 Å². The van der Waals surface area contributed by atoms with Crippen LogP contribution in [0, 0.1) is 11.3 Å². The lowest BCUT2D eigenvalue weighted by Crippen LogP contribution is -2.42. The van der Waals surface area contributed by atoms with E-state index in [1.54, 1.807) is 36.0 Å². The fourth-order valence-electron chi connectivity index (χ4n) is 4.03. The van der Waals surface area contributed by atoms with Crippen LogP contribution in [0.2, 0.25) is 0 Å². The molecule has 2 amide bonds. The van der Waals surface area contributed by atoms with E-state index in [-0.39, 0.29) is 18.0 Å². The van der Waals surface area contributed by atoms with Gasteiger partial charge in [0, 0.05) is 23.7 Å². The van der Waals surface area contributed by atoms with Gasteiger partial charge in [-0.05, 0) is 54.8 Å². The number of amidine groups is 1. The molecule has 34 heavy (non-hydrogen) atoms. The zero-order valence-corrected chi connectivity index (χ0v) is 19.8. The maximum atomic E-state index is 12.8. The van der Waals surface area contributed by atoms with Gasteiger partial charge in [0.05, 0.1) is 36.1 Å². The van der Waals surface area contributed by atoms with Crippen molar-refractivity contribution in [1.29, 1.82) is 5.26 Å². The Morgan fingerprint density at radius 1 is 1.15 bits per heavy atom. The molecule has 9 heteroatoms. The van der Waals surface area contributed by atoms with Crippen LogP contribution in [0.4, 0.5) is 16.2 Å². The zero-order valence-electron chi connectivity index (χ0n) is 19.0. The van der Waals surface area contributed by atoms with Gasteiger partial charge < -0.3 is 20.3 Å². The number of carbonyl (C=O) groups excluding carboxylic acids is 2. The second kappa shape index (κ2) is 10.4. The number of rotatable bonds is 5. The Labute approximate surface area is 202 Å². The van der Waals surface area contributed by atoms with Crippen molar-refractivity contribution in [2.24, 2.45) is 4.99 Å². The summed E-state index contributed by atoms with van der Waals surface area (Å²) >= 11 is 1.71. The number of nitrogens with zero attached hydrogens (tertiary/aromatic N) is 3. The van der Waals surface area contributed by atoms with Crippen molar-refractivity contribution in [3.8, 4) is 6.07 Å². The molecule has 1 atom stereocenters. The molecule has 0 saturated carbocycles. The maximum absolute atomic E-state index is 12.8. The Bertz CT molecular complexity index is 1180. The number of nitriles is 1. The minimum absolute atomic E-state index is 0.288. The van der Waals surface area contributed by atoms with Crippen LogP contribution < -0.4 is 10.6 Å². The molecule has 1 saturated heterocycles. The number of allylic oxidation sites excluding steroid dienone is 1. The topological polar surface area (TPSA) is 107 Å². The third kappa shape index (κ3) is 4.92. The standard InChI is InChI=1S/C25H25N5O3S/c1-3-20-21(23(31)33-2)22(30-13-4-14-34-25(30)29-20)17-7-11-19(12-8-17)28-24(32)27-18-9-5-16(15-26)6-10-18/h5-12,22H,3-4,13-14H2,1-2H3,(H2,27,28,32). The first-order chi connectivity index (χ1) is 16.5. The van der Waals surface area contributed by atoms with Crippen LogP contribution in [-0.2, 0) is 9.53 Å². The van der Waals surface area contributed by atoms with E-state index in [1.807, 2.05) is 37.3 Å². The number of hydrogen-bond donors (Lipinski definition) is 2. The van der Waals surface area contributed by atoms with Gasteiger partial charge in [-0.1, -0.05) is 30.8 Å². The van der Waals surface area contributed by atoms with Crippen molar-refractivity contribution in [3.63, 3.8) is 0 Å². The van der Waals surface area contributed by atoms with Gasteiger partial charge in [-0.15, -0.1) is 0 Å². The number of benzene rings is 2. The molecule has 2 heterocycles. The Hall–Kier alpha value is -3.77. The van der Waals surface area contributed by atoms with Gasteiger partial charge in [-0.3, -0.25) is 0 Å². The highest BCUT2D eigenvalue weighted by Crippen LogP contribution is 2.40. The molecule has 0 spiro atoms. The molecule has 0 bridgehead atoms. The number of aliphatic imine (C=N–C) groups is 1. The van der Waals surface area contributed by atoms with Crippen LogP contribution in [0.1, 0.15) is 36.9 Å². The van der Waals surface area contributed by atoms with Gasteiger partial charge in [0.25, 0.3) is 0 Å². The lowest BCUT2D eigenvalue weighted by Gasteiger charge is -2.40. The second-order valence-corrected chi connectivity index (χ2v) is 8.85. The van der Waals surface area contributed by atoms with E-state index >= 15 is 0 Å². The number of hydrogen-bond acceptors (Lipinski definition) is 7. The van der Waals surface area contributed by atoms with E-state index in [2.05, 4.69) is 15.5 Å². The molecule has 2 aliphatic heterocycles. The Morgan fingerprint density at radius 3 is 2.38 bits per heavy atom. The van der Waals surface area contributed by atoms with Crippen LogP contribution in [-0.4, -0.2) is 41.5 Å². The molecule has 8 nitrogen and oxygen atoms in total. The van der Waals surface area contributed by atoms with Crippen molar-refractivity contribution < 1.29 is 14.3 Å². The van der Waals surface area contributed by atoms with Gasteiger partial charge in [-0.25, -0.2) is 14.6 Å². The third-order valence-corrected chi connectivity index (χ3v) is 6.72. The number of esters is 1. The summed E-state index contributed by atoms with van der Waals surface area (Å²) in [7, 11) is 1.39. The summed E-state index contributed by atoms with van der Waals surface area (Å²) in [6.45, 7) is 2.79. The smallest absolute Gasteiger partial charge is 0.338 e. The number of ether oxygens (including phenoxy) is 1. The molecule has 174 valence electrons. The maximum Gasteiger partial charge on any atom is 0.338 e. The molecule has 1 unspecified atom stereocenters. The van der Waals surface area contributed by atoms with Gasteiger partial charge in [0.15, 0.2) is 5.17 Å². The molecular weight excluding hydrogens is 450 g/mol. The van der Waals surface area contributed by atoms with Gasteiger partial charge >= 0.3 is 12.0 Å². The number of fused-ring (bicyclic) bond motifs is 1. The molecule has 2 aromatic rings. The fourth-order valence-corrected chi connectivity index (χ4v) is 5.02. The summed E-state index contributed by atoms with van der Waals surface area (Å²) in [6, 6.07) is 15.5. The van der Waals surface area contributed by atoms with Gasteiger partial charge in [-0.2, -0.15) is 5.26 Å². The third-order valence-electron chi connectivity index (χ3n) is 5.64. The van der Waals surface area contributed by atoms with E-state index in [0.717, 1.165) is 35.1 Å². The highest BCUT2D eigenvalue weighted by molar-refractivity contribution is 8.13. The monoisotopic (exact) mass is 475 g/mol. The lowest BCUT2D eigenvalue weighted by atomic mass is 9.93. The zero-order chi connectivity index (χ0) is 24.1. The van der Waals surface area contributed by atoms with Crippen molar-refractivity contribution in [2.45, 2.75) is 25.8 Å². The van der Waals surface area contributed by atoms with Crippen molar-refractivity contribution >= 4 is 40.3 Å². The SMILES string of the molecule is CCC1=C(C(=O)OC)C(c2ccc(NC(=O)Nc3ccc(C#N)cc3)cc2)N2CCCSC2=N1. The van der Waals surface area contributed by atoms with Crippen molar-refractivity contribution in [3.05, 3.63) is 70.9 Å². The summed E-state index contributed by atoms with van der Waals surface area (Å²) in [5.74, 6) is 0.633. The summed E-state index contributed by atoms with van der Waals surface area (Å²) < 4.78 is 5.12. The number of methoxy groups -OCH3 is 1. The van der Waals surface area contributed by atoms with Crippen LogP contribution in [0.15, 0.2) is 64.8 Å². The molecule has 0 radical (unpaired) electrons. The first-order valence-corrected chi connectivity index (χ1v) is 12.0. The molecule has 2 aromatic carbocycles. The summed E-state index contributed by atoms with van der Waals surface area (Å²) in [6.07, 6.45) is 1.64. The first-order valence-electron chi connectivity index (χ1n) is 11.0. The van der Waals surface area contributed by atoms with Crippen molar-refractivity contribution in [1.82, 2.24) is 4.90 Å². The van der Waals surface area contributed by atoms with Crippen LogP contribution >= 0.6 is 11.8 Å². The Morgan fingerprint density at radius 2 is 1.79 bits per heavy atom. The number of thioether (sulfide) groups is 1. The molecule has 4 rings (SSSR count). The average molecular weight is 476 g/mol. The predicted octanol–water partition coefficient (Wildman–Crippen LogP) is 4.89. The minimum atomic E-state index is -0.389. The first kappa shape index (κ1) is 23.4. The fraction of sp³-hybridized carbons (Fsp3) is 0.280. The normalized spacial score (nSPS) is 17.3. The number of anilines is 2. The molecule has 0 aliphatic carbocycles. The number of urea groups is 1. The van der Waals surface area contributed by atoms with E-state index < -0.39 is 0 Å². The highest BCUT2D eigenvalue weighted by Gasteiger charge is 2.38. The quantitative estimate of drug-likeness (QED) is 0.597. The summed E-state index contributed by atoms with van der Waals surface area (Å²) in [5, 5.41) is 15.4.